The van der Waals surface area contributed by atoms with Gasteiger partial charge in [-0.25, -0.2) is 13.2 Å². The molecule has 2 aromatic carbocycles. The smallest absolute Gasteiger partial charge is 0.194 e. The third-order valence-corrected chi connectivity index (χ3v) is 7.64. The highest BCUT2D eigenvalue weighted by atomic mass is 35.5. The first kappa shape index (κ1) is 25.5. The molecule has 1 unspecified atom stereocenters. The van der Waals surface area contributed by atoms with E-state index in [-0.39, 0.29) is 6.04 Å². The normalized spacial score (nSPS) is 18.6. The topological polar surface area (TPSA) is 17.9 Å². The van der Waals surface area contributed by atoms with Crippen LogP contribution in [0.4, 0.5) is 24.5 Å². The summed E-state index contributed by atoms with van der Waals surface area (Å²) in [6.45, 7) is 11.7. The van der Waals surface area contributed by atoms with Crippen LogP contribution in [0, 0.1) is 17.5 Å². The van der Waals surface area contributed by atoms with Gasteiger partial charge < -0.3 is 19.3 Å². The Bertz CT molecular complexity index is 1290. The Morgan fingerprint density at radius 1 is 1.00 bits per heavy atom. The molecule has 2 aliphatic rings. The number of anilines is 2. The van der Waals surface area contributed by atoms with Gasteiger partial charge in [-0.05, 0) is 30.7 Å². The number of rotatable bonds is 6. The number of piperazine rings is 1. The molecule has 9 heteroatoms. The zero-order valence-electron chi connectivity index (χ0n) is 21.1. The highest BCUT2D eigenvalue weighted by molar-refractivity contribution is 6.33. The standard InChI is InChI=1S/C28H31ClF3N5/c1-19-15-35(22-13-24(30)28(32)25(31)14-22)10-11-37(19)20(2)27-12-21(16-33(27)3)17-34-8-9-36(18-34)26-7-5-4-6-23(26)29/h4-7,12-14,16,19H,2,8-11,15,17-18H2,1,3H3. The van der Waals surface area contributed by atoms with Crippen LogP contribution in [-0.2, 0) is 13.6 Å². The number of nitrogens with zero attached hydrogens (tertiary/aromatic N) is 5. The van der Waals surface area contributed by atoms with Crippen molar-refractivity contribution in [2.75, 3.05) is 49.2 Å². The first-order valence-electron chi connectivity index (χ1n) is 12.4. The van der Waals surface area contributed by atoms with E-state index in [4.69, 9.17) is 11.6 Å². The monoisotopic (exact) mass is 529 g/mol. The summed E-state index contributed by atoms with van der Waals surface area (Å²) in [5.41, 5.74) is 4.58. The maximum atomic E-state index is 13.8. The minimum Gasteiger partial charge on any atom is -0.368 e. The maximum absolute atomic E-state index is 13.8. The summed E-state index contributed by atoms with van der Waals surface area (Å²) < 4.78 is 43.0. The van der Waals surface area contributed by atoms with Crippen LogP contribution in [0.3, 0.4) is 0 Å². The zero-order valence-corrected chi connectivity index (χ0v) is 21.9. The van der Waals surface area contributed by atoms with Crippen molar-refractivity contribution in [3.8, 4) is 0 Å². The molecule has 5 nitrogen and oxygen atoms in total. The van der Waals surface area contributed by atoms with E-state index in [1.54, 1.807) is 0 Å². The summed E-state index contributed by atoms with van der Waals surface area (Å²) in [6, 6.07) is 12.3. The lowest BCUT2D eigenvalue weighted by Gasteiger charge is -2.43. The molecule has 37 heavy (non-hydrogen) atoms. The first-order chi connectivity index (χ1) is 17.7. The molecule has 0 amide bonds. The molecule has 3 heterocycles. The van der Waals surface area contributed by atoms with Crippen molar-refractivity contribution in [2.45, 2.75) is 19.5 Å². The molecular weight excluding hydrogens is 499 g/mol. The molecule has 3 aromatic rings. The second-order valence-corrected chi connectivity index (χ2v) is 10.3. The Morgan fingerprint density at radius 2 is 1.70 bits per heavy atom. The van der Waals surface area contributed by atoms with Gasteiger partial charge in [0, 0.05) is 76.4 Å². The Kier molecular flexibility index (Phi) is 7.14. The van der Waals surface area contributed by atoms with Gasteiger partial charge >= 0.3 is 0 Å². The number of aryl methyl sites for hydroxylation is 1. The van der Waals surface area contributed by atoms with Crippen molar-refractivity contribution in [1.82, 2.24) is 14.4 Å². The lowest BCUT2D eigenvalue weighted by Crippen LogP contribution is -2.51. The molecular formula is C28H31ClF3N5. The Morgan fingerprint density at radius 3 is 2.41 bits per heavy atom. The molecule has 2 aliphatic heterocycles. The van der Waals surface area contributed by atoms with Crippen molar-refractivity contribution in [2.24, 2.45) is 7.05 Å². The summed E-state index contributed by atoms with van der Waals surface area (Å²) in [6.07, 6.45) is 2.14. The van der Waals surface area contributed by atoms with Gasteiger partial charge in [0.05, 0.1) is 28.8 Å². The summed E-state index contributed by atoms with van der Waals surface area (Å²) in [4.78, 5) is 8.80. The van der Waals surface area contributed by atoms with Crippen LogP contribution in [0.15, 0.2) is 55.2 Å². The molecule has 1 aromatic heterocycles. The minimum absolute atomic E-state index is 0.0542. The minimum atomic E-state index is -1.44. The van der Waals surface area contributed by atoms with Crippen LogP contribution in [0.5, 0.6) is 0 Å². The van der Waals surface area contributed by atoms with E-state index < -0.39 is 17.5 Å². The number of para-hydroxylation sites is 1. The van der Waals surface area contributed by atoms with E-state index >= 15 is 0 Å². The van der Waals surface area contributed by atoms with E-state index in [1.165, 1.54) is 5.56 Å². The number of hydrogen-bond acceptors (Lipinski definition) is 4. The fraction of sp³-hybridized carbons (Fsp3) is 0.357. The number of aromatic nitrogens is 1. The van der Waals surface area contributed by atoms with E-state index in [2.05, 4.69) is 51.1 Å². The lowest BCUT2D eigenvalue weighted by molar-refractivity contribution is 0.281. The molecule has 0 N–H and O–H groups in total. The van der Waals surface area contributed by atoms with Crippen molar-refractivity contribution >= 4 is 28.7 Å². The third-order valence-electron chi connectivity index (χ3n) is 7.32. The fourth-order valence-corrected chi connectivity index (χ4v) is 5.66. The van der Waals surface area contributed by atoms with Crippen LogP contribution < -0.4 is 9.80 Å². The molecule has 2 fully saturated rings. The number of halogens is 4. The summed E-state index contributed by atoms with van der Waals surface area (Å²) in [5, 5.41) is 0.770. The zero-order chi connectivity index (χ0) is 26.3. The van der Waals surface area contributed by atoms with Crippen LogP contribution >= 0.6 is 11.6 Å². The molecule has 0 radical (unpaired) electrons. The van der Waals surface area contributed by atoms with Gasteiger partial charge in [0.15, 0.2) is 17.5 Å². The van der Waals surface area contributed by atoms with E-state index in [1.807, 2.05) is 30.1 Å². The van der Waals surface area contributed by atoms with Crippen LogP contribution in [-0.4, -0.2) is 59.8 Å². The lowest BCUT2D eigenvalue weighted by atomic mass is 10.1. The Balaban J connectivity index is 1.22. The fourth-order valence-electron chi connectivity index (χ4n) is 5.41. The second kappa shape index (κ2) is 10.3. The van der Waals surface area contributed by atoms with Crippen molar-refractivity contribution in [3.63, 3.8) is 0 Å². The average molecular weight is 530 g/mol. The molecule has 1 atom stereocenters. The molecule has 0 spiro atoms. The van der Waals surface area contributed by atoms with Gasteiger partial charge in [0.2, 0.25) is 0 Å². The predicted octanol–water partition coefficient (Wildman–Crippen LogP) is 5.56. The molecule has 196 valence electrons. The summed E-state index contributed by atoms with van der Waals surface area (Å²) in [5.74, 6) is -3.77. The van der Waals surface area contributed by atoms with Crippen molar-refractivity contribution in [3.05, 3.63) is 89.0 Å². The third kappa shape index (κ3) is 5.18. The highest BCUT2D eigenvalue weighted by Gasteiger charge is 2.28. The van der Waals surface area contributed by atoms with E-state index in [0.29, 0.717) is 25.3 Å². The van der Waals surface area contributed by atoms with Gasteiger partial charge in [-0.2, -0.15) is 0 Å². The first-order valence-corrected chi connectivity index (χ1v) is 12.8. The summed E-state index contributed by atoms with van der Waals surface area (Å²) >= 11 is 6.39. The average Bonchev–Trinajstić information content (AvgIpc) is 3.48. The SMILES string of the molecule is C=C(c1cc(CN2CCN(c3ccccc3Cl)C2)cn1C)N1CCN(c2cc(F)c(F)c(F)c2)CC1C. The Labute approximate surface area is 220 Å². The molecule has 0 saturated carbocycles. The number of hydrogen-bond donors (Lipinski definition) is 0. The largest absolute Gasteiger partial charge is 0.368 e. The van der Waals surface area contributed by atoms with Gasteiger partial charge in [0.1, 0.15) is 0 Å². The molecule has 0 bridgehead atoms. The van der Waals surface area contributed by atoms with Crippen LogP contribution in [0.2, 0.25) is 5.02 Å². The van der Waals surface area contributed by atoms with Crippen molar-refractivity contribution < 1.29 is 13.2 Å². The molecule has 0 aliphatic carbocycles. The highest BCUT2D eigenvalue weighted by Crippen LogP contribution is 2.30. The van der Waals surface area contributed by atoms with Gasteiger partial charge in [-0.3, -0.25) is 4.90 Å². The maximum Gasteiger partial charge on any atom is 0.194 e. The van der Waals surface area contributed by atoms with Crippen molar-refractivity contribution in [1.29, 1.82) is 0 Å². The summed E-state index contributed by atoms with van der Waals surface area (Å²) in [7, 11) is 2.02. The number of benzene rings is 2. The molecule has 5 rings (SSSR count). The molecule has 2 saturated heterocycles. The quantitative estimate of drug-likeness (QED) is 0.389. The Hall–Kier alpha value is -3.10. The second-order valence-electron chi connectivity index (χ2n) is 9.91. The van der Waals surface area contributed by atoms with Gasteiger partial charge in [-0.15, -0.1) is 0 Å². The van der Waals surface area contributed by atoms with Crippen LogP contribution in [0.1, 0.15) is 18.2 Å². The van der Waals surface area contributed by atoms with Gasteiger partial charge in [0.25, 0.3) is 0 Å². The van der Waals surface area contributed by atoms with E-state index in [9.17, 15) is 13.2 Å². The van der Waals surface area contributed by atoms with Crippen LogP contribution in [0.25, 0.3) is 5.70 Å². The van der Waals surface area contributed by atoms with Gasteiger partial charge in [-0.1, -0.05) is 30.3 Å². The predicted molar refractivity (Wildman–Crippen MR) is 143 cm³/mol. The van der Waals surface area contributed by atoms with E-state index in [0.717, 1.165) is 60.5 Å².